The number of esters is 1. The molecule has 5 nitrogen and oxygen atoms in total. The third kappa shape index (κ3) is 3.12. The Kier molecular flexibility index (Phi) is 4.72. The van der Waals surface area contributed by atoms with Crippen LogP contribution in [0, 0.1) is 0 Å². The second-order valence-corrected chi connectivity index (χ2v) is 5.47. The van der Waals surface area contributed by atoms with Gasteiger partial charge in [-0.15, -0.1) is 17.9 Å². The molecule has 110 valence electrons. The van der Waals surface area contributed by atoms with Gasteiger partial charge in [0.2, 0.25) is 5.91 Å². The van der Waals surface area contributed by atoms with E-state index in [1.54, 1.807) is 6.08 Å². The normalized spacial score (nSPS) is 11.9. The lowest BCUT2D eigenvalue weighted by atomic mass is 10.1. The Labute approximate surface area is 126 Å². The summed E-state index contributed by atoms with van der Waals surface area (Å²) in [6.45, 7) is 3.56. The van der Waals surface area contributed by atoms with Gasteiger partial charge in [0, 0.05) is 10.1 Å². The highest BCUT2D eigenvalue weighted by atomic mass is 32.1. The van der Waals surface area contributed by atoms with E-state index in [1.165, 1.54) is 18.4 Å². The number of methoxy groups -OCH3 is 1. The van der Waals surface area contributed by atoms with Crippen LogP contribution < -0.4 is 11.1 Å². The maximum atomic E-state index is 12.1. The summed E-state index contributed by atoms with van der Waals surface area (Å²) in [7, 11) is 1.31. The summed E-state index contributed by atoms with van der Waals surface area (Å²) in [5.41, 5.74) is 6.20. The standard InChI is InChI=1S/C15H16N2O3S/c1-3-6-10(16)14(18)17-12-9-7-4-5-8-11(9)21-13(12)15(19)20-2/h3-5,7-8,10H,1,6,16H2,2H3,(H,17,18). The van der Waals surface area contributed by atoms with Crippen LogP contribution in [0.2, 0.25) is 0 Å². The molecule has 21 heavy (non-hydrogen) atoms. The molecule has 6 heteroatoms. The van der Waals surface area contributed by atoms with Gasteiger partial charge in [-0.2, -0.15) is 0 Å². The fourth-order valence-electron chi connectivity index (χ4n) is 1.91. The molecular formula is C15H16N2O3S. The van der Waals surface area contributed by atoms with Crippen LogP contribution >= 0.6 is 11.3 Å². The van der Waals surface area contributed by atoms with E-state index in [9.17, 15) is 9.59 Å². The molecule has 0 aliphatic rings. The predicted molar refractivity (Wildman–Crippen MR) is 84.6 cm³/mol. The zero-order valence-corrected chi connectivity index (χ0v) is 12.4. The summed E-state index contributed by atoms with van der Waals surface area (Å²) in [6, 6.07) is 6.73. The zero-order chi connectivity index (χ0) is 15.4. The van der Waals surface area contributed by atoms with E-state index in [2.05, 4.69) is 11.9 Å². The van der Waals surface area contributed by atoms with Crippen molar-refractivity contribution in [2.45, 2.75) is 12.5 Å². The van der Waals surface area contributed by atoms with Crippen molar-refractivity contribution in [3.05, 3.63) is 41.8 Å². The molecular weight excluding hydrogens is 288 g/mol. The van der Waals surface area contributed by atoms with Crippen LogP contribution in [0.5, 0.6) is 0 Å². The number of nitrogens with two attached hydrogens (primary N) is 1. The van der Waals surface area contributed by atoms with Crippen molar-refractivity contribution in [3.8, 4) is 0 Å². The maximum Gasteiger partial charge on any atom is 0.350 e. The lowest BCUT2D eigenvalue weighted by Crippen LogP contribution is -2.35. The van der Waals surface area contributed by atoms with Crippen LogP contribution in [0.15, 0.2) is 36.9 Å². The minimum absolute atomic E-state index is 0.358. The first-order chi connectivity index (χ1) is 10.1. The Bertz CT molecular complexity index is 693. The van der Waals surface area contributed by atoms with Gasteiger partial charge in [-0.1, -0.05) is 24.3 Å². The number of amides is 1. The molecule has 1 aromatic heterocycles. The first kappa shape index (κ1) is 15.2. The van der Waals surface area contributed by atoms with Gasteiger partial charge in [0.15, 0.2) is 0 Å². The number of benzene rings is 1. The van der Waals surface area contributed by atoms with Crippen LogP contribution in [0.1, 0.15) is 16.1 Å². The minimum atomic E-state index is -0.702. The van der Waals surface area contributed by atoms with E-state index < -0.39 is 12.0 Å². The van der Waals surface area contributed by atoms with Crippen molar-refractivity contribution in [2.24, 2.45) is 5.73 Å². The highest BCUT2D eigenvalue weighted by Gasteiger charge is 2.22. The van der Waals surface area contributed by atoms with E-state index in [1.807, 2.05) is 24.3 Å². The van der Waals surface area contributed by atoms with Crippen LogP contribution in [0.25, 0.3) is 10.1 Å². The Morgan fingerprint density at radius 2 is 2.19 bits per heavy atom. The quantitative estimate of drug-likeness (QED) is 0.657. The molecule has 1 heterocycles. The molecule has 0 spiro atoms. The molecule has 0 aliphatic carbocycles. The number of rotatable bonds is 5. The van der Waals surface area contributed by atoms with Gasteiger partial charge in [0.05, 0.1) is 18.8 Å². The summed E-state index contributed by atoms with van der Waals surface area (Å²) in [6.07, 6.45) is 1.94. The van der Waals surface area contributed by atoms with Gasteiger partial charge in [0.25, 0.3) is 0 Å². The van der Waals surface area contributed by atoms with Gasteiger partial charge in [-0.3, -0.25) is 4.79 Å². The molecule has 1 amide bonds. The number of thiophene rings is 1. The fourth-order valence-corrected chi connectivity index (χ4v) is 2.98. The predicted octanol–water partition coefficient (Wildman–Crippen LogP) is 2.53. The summed E-state index contributed by atoms with van der Waals surface area (Å²) in [5, 5.41) is 3.52. The van der Waals surface area contributed by atoms with Crippen molar-refractivity contribution >= 4 is 39.0 Å². The topological polar surface area (TPSA) is 81.4 Å². The molecule has 0 saturated heterocycles. The largest absolute Gasteiger partial charge is 0.465 e. The summed E-state index contributed by atoms with van der Waals surface area (Å²) >= 11 is 1.27. The molecule has 1 atom stereocenters. The lowest BCUT2D eigenvalue weighted by Gasteiger charge is -2.11. The van der Waals surface area contributed by atoms with E-state index in [0.717, 1.165) is 10.1 Å². The van der Waals surface area contributed by atoms with Gasteiger partial charge in [0.1, 0.15) is 4.88 Å². The number of carbonyl (C=O) groups excluding carboxylic acids is 2. The average molecular weight is 304 g/mol. The number of hydrogen-bond donors (Lipinski definition) is 2. The van der Waals surface area contributed by atoms with E-state index in [4.69, 9.17) is 10.5 Å². The van der Waals surface area contributed by atoms with Gasteiger partial charge in [-0.05, 0) is 12.5 Å². The molecule has 0 saturated carbocycles. The lowest BCUT2D eigenvalue weighted by molar-refractivity contribution is -0.117. The molecule has 1 unspecified atom stereocenters. The Hall–Kier alpha value is -2.18. The first-order valence-electron chi connectivity index (χ1n) is 6.35. The number of anilines is 1. The van der Waals surface area contributed by atoms with E-state index >= 15 is 0 Å². The molecule has 2 aromatic rings. The second-order valence-electron chi connectivity index (χ2n) is 4.41. The van der Waals surface area contributed by atoms with Gasteiger partial charge in [-0.25, -0.2) is 4.79 Å². The van der Waals surface area contributed by atoms with E-state index in [-0.39, 0.29) is 5.91 Å². The van der Waals surface area contributed by atoms with Crippen molar-refractivity contribution in [1.82, 2.24) is 0 Å². The van der Waals surface area contributed by atoms with Crippen molar-refractivity contribution in [3.63, 3.8) is 0 Å². The second kappa shape index (κ2) is 6.51. The van der Waals surface area contributed by atoms with Gasteiger partial charge < -0.3 is 15.8 Å². The number of hydrogen-bond acceptors (Lipinski definition) is 5. The molecule has 0 radical (unpaired) electrons. The third-order valence-electron chi connectivity index (χ3n) is 2.97. The number of nitrogens with one attached hydrogen (secondary N) is 1. The Balaban J connectivity index is 2.43. The summed E-state index contributed by atoms with van der Waals surface area (Å²) in [4.78, 5) is 24.3. The first-order valence-corrected chi connectivity index (χ1v) is 7.17. The molecule has 0 aliphatic heterocycles. The smallest absolute Gasteiger partial charge is 0.350 e. The van der Waals surface area contributed by atoms with Crippen LogP contribution in [0.4, 0.5) is 5.69 Å². The highest BCUT2D eigenvalue weighted by molar-refractivity contribution is 7.21. The Morgan fingerprint density at radius 1 is 1.48 bits per heavy atom. The van der Waals surface area contributed by atoms with Gasteiger partial charge >= 0.3 is 5.97 Å². The van der Waals surface area contributed by atoms with Crippen LogP contribution in [-0.4, -0.2) is 25.0 Å². The highest BCUT2D eigenvalue weighted by Crippen LogP contribution is 2.36. The van der Waals surface area contributed by atoms with Crippen LogP contribution in [0.3, 0.4) is 0 Å². The molecule has 0 fully saturated rings. The van der Waals surface area contributed by atoms with Crippen LogP contribution in [-0.2, 0) is 9.53 Å². The van der Waals surface area contributed by atoms with Crippen molar-refractivity contribution in [1.29, 1.82) is 0 Å². The molecule has 2 rings (SSSR count). The van der Waals surface area contributed by atoms with Crippen molar-refractivity contribution < 1.29 is 14.3 Å². The Morgan fingerprint density at radius 3 is 2.86 bits per heavy atom. The molecule has 1 aromatic carbocycles. The molecule has 3 N–H and O–H groups in total. The summed E-state index contributed by atoms with van der Waals surface area (Å²) < 4.78 is 5.66. The van der Waals surface area contributed by atoms with Crippen molar-refractivity contribution in [2.75, 3.05) is 12.4 Å². The summed E-state index contributed by atoms with van der Waals surface area (Å²) in [5.74, 6) is -0.840. The maximum absolute atomic E-state index is 12.1. The minimum Gasteiger partial charge on any atom is -0.465 e. The number of carbonyl (C=O) groups is 2. The van der Waals surface area contributed by atoms with E-state index in [0.29, 0.717) is 17.0 Å². The zero-order valence-electron chi connectivity index (χ0n) is 11.6. The monoisotopic (exact) mass is 304 g/mol. The third-order valence-corrected chi connectivity index (χ3v) is 4.12. The average Bonchev–Trinajstić information content (AvgIpc) is 2.85. The number of ether oxygens (including phenoxy) is 1. The fraction of sp³-hybridized carbons (Fsp3) is 0.200. The molecule has 0 bridgehead atoms. The number of fused-ring (bicyclic) bond motifs is 1. The SMILES string of the molecule is C=CCC(N)C(=O)Nc1c(C(=O)OC)sc2ccccc12.